The van der Waals surface area contributed by atoms with Gasteiger partial charge in [-0.05, 0) is 51.3 Å². The summed E-state index contributed by atoms with van der Waals surface area (Å²) in [6.45, 7) is 4.50. The Morgan fingerprint density at radius 2 is 2.10 bits per heavy atom. The number of anilines is 1. The molecule has 1 aliphatic carbocycles. The average Bonchev–Trinajstić information content (AvgIpc) is 3.43. The number of benzene rings is 2. The van der Waals surface area contributed by atoms with Crippen LogP contribution in [-0.4, -0.2) is 28.4 Å². The third-order valence-corrected chi connectivity index (χ3v) is 5.69. The van der Waals surface area contributed by atoms with Gasteiger partial charge in [0.15, 0.2) is 5.69 Å². The van der Waals surface area contributed by atoms with Gasteiger partial charge in [0.25, 0.3) is 5.91 Å². The molecule has 0 fully saturated rings. The second-order valence-corrected chi connectivity index (χ2v) is 7.85. The molecule has 30 heavy (non-hydrogen) atoms. The van der Waals surface area contributed by atoms with E-state index in [1.807, 2.05) is 61.0 Å². The molecular weight excluding hydrogens is 378 g/mol. The smallest absolute Gasteiger partial charge is 0.276 e. The summed E-state index contributed by atoms with van der Waals surface area (Å²) in [6.07, 6.45) is 3.81. The highest BCUT2D eigenvalue weighted by molar-refractivity contribution is 6.05. The van der Waals surface area contributed by atoms with Gasteiger partial charge in [0, 0.05) is 29.3 Å². The summed E-state index contributed by atoms with van der Waals surface area (Å²) < 4.78 is 13.6. The lowest BCUT2D eigenvalue weighted by Crippen LogP contribution is -2.16. The van der Waals surface area contributed by atoms with Gasteiger partial charge in [0.05, 0.1) is 18.0 Å². The van der Waals surface area contributed by atoms with E-state index in [1.54, 1.807) is 0 Å². The average molecular weight is 403 g/mol. The number of nitrogens with one attached hydrogen (secondary N) is 1. The van der Waals surface area contributed by atoms with Crippen molar-refractivity contribution in [3.05, 3.63) is 65.0 Å². The number of aromatic nitrogens is 2. The Labute approximate surface area is 175 Å². The first-order chi connectivity index (χ1) is 14.6. The molecule has 0 radical (unpaired) electrons. The highest BCUT2D eigenvalue weighted by Crippen LogP contribution is 2.38. The number of nitrogens with zero attached hydrogens (tertiary/aromatic N) is 2. The first kappa shape index (κ1) is 18.7. The van der Waals surface area contributed by atoms with Crippen LogP contribution in [0.15, 0.2) is 42.5 Å². The molecule has 6 heteroatoms. The molecule has 154 valence electrons. The summed E-state index contributed by atoms with van der Waals surface area (Å²) in [7, 11) is 0. The number of fused-ring (bicyclic) bond motifs is 2. The van der Waals surface area contributed by atoms with E-state index in [1.165, 1.54) is 0 Å². The van der Waals surface area contributed by atoms with Crippen LogP contribution in [0.4, 0.5) is 5.69 Å². The Kier molecular flexibility index (Phi) is 4.69. The minimum atomic E-state index is -0.213. The van der Waals surface area contributed by atoms with Gasteiger partial charge >= 0.3 is 0 Å². The molecule has 0 bridgehead atoms. The van der Waals surface area contributed by atoms with Gasteiger partial charge in [-0.3, -0.25) is 4.79 Å². The first-order valence-electron chi connectivity index (χ1n) is 10.6. The van der Waals surface area contributed by atoms with E-state index in [4.69, 9.17) is 14.6 Å². The molecule has 2 heterocycles. The van der Waals surface area contributed by atoms with Crippen molar-refractivity contribution in [3.8, 4) is 17.2 Å². The lowest BCUT2D eigenvalue weighted by Gasteiger charge is -2.13. The lowest BCUT2D eigenvalue weighted by molar-refractivity contribution is 0.102. The molecule has 0 unspecified atom stereocenters. The second kappa shape index (κ2) is 7.52. The van der Waals surface area contributed by atoms with Crippen LogP contribution in [0, 0.1) is 0 Å². The molecule has 1 aliphatic heterocycles. The van der Waals surface area contributed by atoms with E-state index in [-0.39, 0.29) is 12.0 Å². The van der Waals surface area contributed by atoms with E-state index in [0.717, 1.165) is 53.9 Å². The quantitative estimate of drug-likeness (QED) is 0.688. The van der Waals surface area contributed by atoms with Gasteiger partial charge in [-0.2, -0.15) is 5.10 Å². The van der Waals surface area contributed by atoms with E-state index in [9.17, 15) is 4.79 Å². The predicted molar refractivity (Wildman–Crippen MR) is 115 cm³/mol. The van der Waals surface area contributed by atoms with Gasteiger partial charge < -0.3 is 14.8 Å². The van der Waals surface area contributed by atoms with Crippen molar-refractivity contribution in [3.63, 3.8) is 0 Å². The topological polar surface area (TPSA) is 65.4 Å². The number of amides is 1. The van der Waals surface area contributed by atoms with Gasteiger partial charge in [0.1, 0.15) is 17.6 Å². The number of rotatable bonds is 5. The van der Waals surface area contributed by atoms with Crippen LogP contribution in [-0.2, 0) is 19.3 Å². The summed E-state index contributed by atoms with van der Waals surface area (Å²) in [4.78, 5) is 13.3. The Balaban J connectivity index is 1.49. The predicted octanol–water partition coefficient (Wildman–Crippen LogP) is 4.34. The molecular formula is C24H25N3O3. The monoisotopic (exact) mass is 403 g/mol. The zero-order valence-corrected chi connectivity index (χ0v) is 17.3. The molecule has 0 spiro atoms. The van der Waals surface area contributed by atoms with E-state index >= 15 is 0 Å². The number of para-hydroxylation sites is 1. The fourth-order valence-electron chi connectivity index (χ4n) is 4.40. The molecule has 1 aromatic heterocycles. The summed E-state index contributed by atoms with van der Waals surface area (Å²) >= 11 is 0. The Hall–Kier alpha value is -3.28. The van der Waals surface area contributed by atoms with Crippen LogP contribution >= 0.6 is 0 Å². The summed E-state index contributed by atoms with van der Waals surface area (Å²) in [5.41, 5.74) is 5.37. The molecule has 0 saturated heterocycles. The van der Waals surface area contributed by atoms with Crippen LogP contribution in [0.25, 0.3) is 5.69 Å². The minimum Gasteiger partial charge on any atom is -0.492 e. The summed E-state index contributed by atoms with van der Waals surface area (Å²) in [6, 6.07) is 13.8. The molecule has 5 rings (SSSR count). The van der Waals surface area contributed by atoms with E-state index in [0.29, 0.717) is 23.7 Å². The fraction of sp³-hybridized carbons (Fsp3) is 0.333. The number of carbonyl (C=O) groups is 1. The Morgan fingerprint density at radius 1 is 1.27 bits per heavy atom. The van der Waals surface area contributed by atoms with Crippen LogP contribution < -0.4 is 14.8 Å². The number of ether oxygens (including phenoxy) is 2. The molecule has 1 amide bonds. The normalized spacial score (nSPS) is 16.7. The molecule has 1 atom stereocenters. The standard InChI is InChI=1S/C24H25N3O3/c1-3-29-22-13-16-12-15(2)30-21(16)14-19(22)25-24(28)23-18-10-7-11-20(18)27(26-23)17-8-5-4-6-9-17/h4-6,8-9,13-15H,3,7,10-12H2,1-2H3,(H,25,28)/t15-/m1/s1. The van der Waals surface area contributed by atoms with Crippen molar-refractivity contribution in [2.75, 3.05) is 11.9 Å². The van der Waals surface area contributed by atoms with Gasteiger partial charge in [-0.15, -0.1) is 0 Å². The van der Waals surface area contributed by atoms with Crippen LogP contribution in [0.2, 0.25) is 0 Å². The molecule has 2 aliphatic rings. The summed E-state index contributed by atoms with van der Waals surface area (Å²) in [5.74, 6) is 1.26. The van der Waals surface area contributed by atoms with Crippen molar-refractivity contribution in [2.24, 2.45) is 0 Å². The summed E-state index contributed by atoms with van der Waals surface area (Å²) in [5, 5.41) is 7.72. The first-order valence-corrected chi connectivity index (χ1v) is 10.6. The minimum absolute atomic E-state index is 0.130. The maximum absolute atomic E-state index is 13.3. The largest absolute Gasteiger partial charge is 0.492 e. The van der Waals surface area contributed by atoms with Crippen LogP contribution in [0.3, 0.4) is 0 Å². The second-order valence-electron chi connectivity index (χ2n) is 7.85. The maximum atomic E-state index is 13.3. The van der Waals surface area contributed by atoms with Crippen molar-refractivity contribution < 1.29 is 14.3 Å². The third kappa shape index (κ3) is 3.22. The molecule has 6 nitrogen and oxygen atoms in total. The lowest BCUT2D eigenvalue weighted by atomic mass is 10.1. The SMILES string of the molecule is CCOc1cc2c(cc1NC(=O)c1nn(-c3ccccc3)c3c1CCC3)O[C@H](C)C2. The molecule has 3 aromatic rings. The van der Waals surface area contributed by atoms with Gasteiger partial charge in [0.2, 0.25) is 0 Å². The zero-order chi connectivity index (χ0) is 20.7. The molecule has 1 N–H and O–H groups in total. The Bertz CT molecular complexity index is 1100. The van der Waals surface area contributed by atoms with Crippen LogP contribution in [0.1, 0.15) is 47.6 Å². The molecule has 2 aromatic carbocycles. The van der Waals surface area contributed by atoms with Crippen molar-refractivity contribution in [2.45, 2.75) is 45.6 Å². The van der Waals surface area contributed by atoms with Gasteiger partial charge in [-0.25, -0.2) is 4.68 Å². The molecule has 0 saturated carbocycles. The zero-order valence-electron chi connectivity index (χ0n) is 17.3. The number of hydrogen-bond donors (Lipinski definition) is 1. The number of hydrogen-bond acceptors (Lipinski definition) is 4. The van der Waals surface area contributed by atoms with E-state index < -0.39 is 0 Å². The fourth-order valence-corrected chi connectivity index (χ4v) is 4.40. The highest BCUT2D eigenvalue weighted by Gasteiger charge is 2.28. The van der Waals surface area contributed by atoms with Crippen molar-refractivity contribution in [1.29, 1.82) is 0 Å². The maximum Gasteiger partial charge on any atom is 0.276 e. The number of carbonyl (C=O) groups excluding carboxylic acids is 1. The highest BCUT2D eigenvalue weighted by atomic mass is 16.5. The van der Waals surface area contributed by atoms with Crippen molar-refractivity contribution in [1.82, 2.24) is 9.78 Å². The van der Waals surface area contributed by atoms with Crippen LogP contribution in [0.5, 0.6) is 11.5 Å². The third-order valence-electron chi connectivity index (χ3n) is 5.69. The van der Waals surface area contributed by atoms with E-state index in [2.05, 4.69) is 5.32 Å². The Morgan fingerprint density at radius 3 is 2.90 bits per heavy atom. The van der Waals surface area contributed by atoms with Crippen molar-refractivity contribution >= 4 is 11.6 Å². The van der Waals surface area contributed by atoms with Gasteiger partial charge in [-0.1, -0.05) is 18.2 Å².